The monoisotopic (exact) mass is 301 g/mol. The molecule has 2 rings (SSSR count). The van der Waals surface area contributed by atoms with E-state index in [0.717, 1.165) is 5.56 Å². The van der Waals surface area contributed by atoms with Crippen molar-refractivity contribution in [1.29, 1.82) is 0 Å². The molecule has 0 saturated carbocycles. The van der Waals surface area contributed by atoms with Gasteiger partial charge in [-0.2, -0.15) is 11.3 Å². The average molecular weight is 302 g/mol. The quantitative estimate of drug-likeness (QED) is 0.941. The minimum atomic E-state index is -3.21. The summed E-state index contributed by atoms with van der Waals surface area (Å²) >= 11 is 7.65. The Morgan fingerprint density at radius 2 is 2.11 bits per heavy atom. The summed E-state index contributed by atoms with van der Waals surface area (Å²) in [6.45, 7) is 0.621. The van der Waals surface area contributed by atoms with Crippen LogP contribution in [0.15, 0.2) is 39.9 Å². The van der Waals surface area contributed by atoms with Gasteiger partial charge in [0.2, 0.25) is 0 Å². The summed E-state index contributed by atoms with van der Waals surface area (Å²) in [5, 5.41) is 7.67. The van der Waals surface area contributed by atoms with Gasteiger partial charge in [0.25, 0.3) is 0 Å². The lowest BCUT2D eigenvalue weighted by Gasteiger charge is -2.09. The zero-order chi connectivity index (χ0) is 13.2. The lowest BCUT2D eigenvalue weighted by molar-refractivity contribution is 0.602. The van der Waals surface area contributed by atoms with Gasteiger partial charge in [0.15, 0.2) is 9.84 Å². The summed E-state index contributed by atoms with van der Waals surface area (Å²) in [7, 11) is -3.21. The van der Waals surface area contributed by atoms with Gasteiger partial charge in [0, 0.05) is 12.8 Å². The third-order valence-corrected chi connectivity index (χ3v) is 4.60. The molecule has 2 aromatic rings. The Hall–Kier alpha value is -1.04. The van der Waals surface area contributed by atoms with Crippen molar-refractivity contribution in [2.24, 2.45) is 0 Å². The number of halogens is 1. The second kappa shape index (κ2) is 5.30. The molecule has 1 aromatic carbocycles. The molecule has 1 heterocycles. The number of hydrogen-bond donors (Lipinski definition) is 1. The van der Waals surface area contributed by atoms with Crippen molar-refractivity contribution in [2.75, 3.05) is 11.6 Å². The van der Waals surface area contributed by atoms with Gasteiger partial charge < -0.3 is 5.32 Å². The van der Waals surface area contributed by atoms with E-state index in [4.69, 9.17) is 11.6 Å². The number of hydrogen-bond acceptors (Lipinski definition) is 4. The van der Waals surface area contributed by atoms with Gasteiger partial charge >= 0.3 is 0 Å². The second-order valence-electron chi connectivity index (χ2n) is 3.90. The summed E-state index contributed by atoms with van der Waals surface area (Å²) in [5.74, 6) is 0. The highest BCUT2D eigenvalue weighted by molar-refractivity contribution is 7.90. The largest absolute Gasteiger partial charge is 0.380 e. The summed E-state index contributed by atoms with van der Waals surface area (Å²) in [6, 6.07) is 6.66. The van der Waals surface area contributed by atoms with E-state index in [1.54, 1.807) is 23.5 Å². The maximum atomic E-state index is 11.5. The SMILES string of the molecule is CS(=O)(=O)c1ccc(Cl)c(NCc2ccsc2)c1. The fourth-order valence-electron chi connectivity index (χ4n) is 1.46. The predicted molar refractivity (Wildman–Crippen MR) is 76.2 cm³/mol. The highest BCUT2D eigenvalue weighted by Crippen LogP contribution is 2.25. The van der Waals surface area contributed by atoms with Crippen molar-refractivity contribution in [2.45, 2.75) is 11.4 Å². The van der Waals surface area contributed by atoms with E-state index < -0.39 is 9.84 Å². The minimum absolute atomic E-state index is 0.264. The third kappa shape index (κ3) is 3.25. The standard InChI is InChI=1S/C12H12ClNO2S2/c1-18(15,16)10-2-3-11(13)12(6-10)14-7-9-4-5-17-8-9/h2-6,8,14H,7H2,1H3. The first kappa shape index (κ1) is 13.4. The van der Waals surface area contributed by atoms with Crippen LogP contribution < -0.4 is 5.32 Å². The Morgan fingerprint density at radius 3 is 2.72 bits per heavy atom. The molecule has 0 atom stereocenters. The topological polar surface area (TPSA) is 46.2 Å². The van der Waals surface area contributed by atoms with Crippen molar-refractivity contribution in [3.05, 3.63) is 45.6 Å². The first-order chi connectivity index (χ1) is 8.47. The number of rotatable bonds is 4. The van der Waals surface area contributed by atoms with Gasteiger partial charge in [-0.15, -0.1) is 0 Å². The van der Waals surface area contributed by atoms with E-state index in [1.165, 1.54) is 12.3 Å². The number of thiophene rings is 1. The maximum absolute atomic E-state index is 11.5. The summed E-state index contributed by atoms with van der Waals surface area (Å²) in [4.78, 5) is 0.264. The Balaban J connectivity index is 2.22. The van der Waals surface area contributed by atoms with E-state index in [9.17, 15) is 8.42 Å². The molecule has 0 saturated heterocycles. The highest BCUT2D eigenvalue weighted by atomic mass is 35.5. The molecule has 0 unspecified atom stereocenters. The van der Waals surface area contributed by atoms with Crippen molar-refractivity contribution in [3.8, 4) is 0 Å². The Morgan fingerprint density at radius 1 is 1.33 bits per heavy atom. The van der Waals surface area contributed by atoms with E-state index in [-0.39, 0.29) is 4.90 Å². The highest BCUT2D eigenvalue weighted by Gasteiger charge is 2.10. The zero-order valence-electron chi connectivity index (χ0n) is 9.68. The predicted octanol–water partition coefficient (Wildman–Crippen LogP) is 3.42. The molecule has 3 nitrogen and oxygen atoms in total. The number of nitrogens with one attached hydrogen (secondary N) is 1. The normalized spacial score (nSPS) is 11.4. The van der Waals surface area contributed by atoms with Crippen LogP contribution in [0.2, 0.25) is 5.02 Å². The Labute approximate surface area is 115 Å². The molecular formula is C12H12ClNO2S2. The molecule has 0 fully saturated rings. The van der Waals surface area contributed by atoms with Gasteiger partial charge in [0.1, 0.15) is 0 Å². The second-order valence-corrected chi connectivity index (χ2v) is 7.10. The fraction of sp³-hybridized carbons (Fsp3) is 0.167. The van der Waals surface area contributed by atoms with Crippen LogP contribution in [0.25, 0.3) is 0 Å². The zero-order valence-corrected chi connectivity index (χ0v) is 12.1. The molecule has 0 aliphatic carbocycles. The maximum Gasteiger partial charge on any atom is 0.175 e. The molecule has 0 amide bonds. The smallest absolute Gasteiger partial charge is 0.175 e. The van der Waals surface area contributed by atoms with Crippen LogP contribution in [0.5, 0.6) is 0 Å². The molecule has 1 aromatic heterocycles. The van der Waals surface area contributed by atoms with E-state index >= 15 is 0 Å². The van der Waals surface area contributed by atoms with E-state index in [0.29, 0.717) is 17.3 Å². The van der Waals surface area contributed by atoms with Gasteiger partial charge in [-0.25, -0.2) is 8.42 Å². The van der Waals surface area contributed by atoms with Gasteiger partial charge in [0.05, 0.1) is 15.6 Å². The third-order valence-electron chi connectivity index (χ3n) is 2.43. The molecule has 0 spiro atoms. The number of benzene rings is 1. The van der Waals surface area contributed by atoms with Crippen LogP contribution in [0, 0.1) is 0 Å². The van der Waals surface area contributed by atoms with Crippen molar-refractivity contribution in [1.82, 2.24) is 0 Å². The molecule has 1 N–H and O–H groups in total. The lowest BCUT2D eigenvalue weighted by atomic mass is 10.3. The minimum Gasteiger partial charge on any atom is -0.380 e. The van der Waals surface area contributed by atoms with Crippen molar-refractivity contribution < 1.29 is 8.42 Å². The van der Waals surface area contributed by atoms with Crippen LogP contribution in [-0.2, 0) is 16.4 Å². The molecule has 0 radical (unpaired) electrons. The molecule has 18 heavy (non-hydrogen) atoms. The summed E-state index contributed by atoms with van der Waals surface area (Å²) in [6.07, 6.45) is 1.18. The van der Waals surface area contributed by atoms with Crippen LogP contribution in [0.3, 0.4) is 0 Å². The number of anilines is 1. The summed E-state index contributed by atoms with van der Waals surface area (Å²) in [5.41, 5.74) is 1.77. The molecule has 0 aliphatic heterocycles. The van der Waals surface area contributed by atoms with Gasteiger partial charge in [-0.3, -0.25) is 0 Å². The van der Waals surface area contributed by atoms with E-state index in [1.807, 2.05) is 16.8 Å². The average Bonchev–Trinajstić information content (AvgIpc) is 2.79. The molecular weight excluding hydrogens is 290 g/mol. The van der Waals surface area contributed by atoms with Crippen molar-refractivity contribution in [3.63, 3.8) is 0 Å². The Bertz CT molecular complexity index is 636. The number of sulfone groups is 1. The molecule has 6 heteroatoms. The van der Waals surface area contributed by atoms with Gasteiger partial charge in [-0.1, -0.05) is 11.6 Å². The molecule has 0 bridgehead atoms. The van der Waals surface area contributed by atoms with Crippen LogP contribution in [-0.4, -0.2) is 14.7 Å². The van der Waals surface area contributed by atoms with E-state index in [2.05, 4.69) is 5.32 Å². The van der Waals surface area contributed by atoms with Crippen LogP contribution in [0.1, 0.15) is 5.56 Å². The fourth-order valence-corrected chi connectivity index (χ4v) is 2.96. The first-order valence-electron chi connectivity index (χ1n) is 5.21. The lowest BCUT2D eigenvalue weighted by Crippen LogP contribution is -2.02. The van der Waals surface area contributed by atoms with Crippen LogP contribution >= 0.6 is 22.9 Å². The Kier molecular flexibility index (Phi) is 3.94. The molecule has 96 valence electrons. The molecule has 0 aliphatic rings. The van der Waals surface area contributed by atoms with Gasteiger partial charge in [-0.05, 0) is 40.6 Å². The first-order valence-corrected chi connectivity index (χ1v) is 8.42. The summed E-state index contributed by atoms with van der Waals surface area (Å²) < 4.78 is 22.9. The van der Waals surface area contributed by atoms with Crippen LogP contribution in [0.4, 0.5) is 5.69 Å². The van der Waals surface area contributed by atoms with Crippen molar-refractivity contribution >= 4 is 38.5 Å².